The van der Waals surface area contributed by atoms with E-state index in [0.29, 0.717) is 11.4 Å². The van der Waals surface area contributed by atoms with Gasteiger partial charge in [0.25, 0.3) is 10.0 Å². The smallest absolute Gasteiger partial charge is 0.264 e. The van der Waals surface area contributed by atoms with Gasteiger partial charge in [-0.3, -0.25) is 9.29 Å². The molecule has 152 valence electrons. The fourth-order valence-corrected chi connectivity index (χ4v) is 4.44. The van der Waals surface area contributed by atoms with Gasteiger partial charge in [0.1, 0.15) is 5.75 Å². The highest BCUT2D eigenvalue weighted by Crippen LogP contribution is 2.27. The summed E-state index contributed by atoms with van der Waals surface area (Å²) in [7, 11) is -2.31. The Hall–Kier alpha value is -3.65. The normalized spacial score (nSPS) is 11.2. The summed E-state index contributed by atoms with van der Waals surface area (Å²) < 4.78 is 35.1. The number of nitrogens with zero attached hydrogens (tertiary/aromatic N) is 4. The summed E-state index contributed by atoms with van der Waals surface area (Å²) in [4.78, 5) is 4.27. The molecule has 30 heavy (non-hydrogen) atoms. The van der Waals surface area contributed by atoms with Crippen molar-refractivity contribution in [3.8, 4) is 11.4 Å². The maximum absolute atomic E-state index is 13.5. The topological polar surface area (TPSA) is 77.3 Å². The van der Waals surface area contributed by atoms with E-state index in [1.807, 2.05) is 36.4 Å². The van der Waals surface area contributed by atoms with Crippen molar-refractivity contribution in [2.24, 2.45) is 0 Å². The molecular weight excluding hydrogens is 400 g/mol. The molecule has 2 heterocycles. The number of anilines is 1. The molecule has 7 nitrogen and oxygen atoms in total. The molecule has 0 unspecified atom stereocenters. The van der Waals surface area contributed by atoms with Crippen LogP contribution in [0.2, 0.25) is 0 Å². The maximum Gasteiger partial charge on any atom is 0.264 e. The van der Waals surface area contributed by atoms with Crippen molar-refractivity contribution >= 4 is 15.7 Å². The van der Waals surface area contributed by atoms with Gasteiger partial charge < -0.3 is 4.74 Å². The van der Waals surface area contributed by atoms with Crippen LogP contribution in [-0.2, 0) is 16.6 Å². The first kappa shape index (κ1) is 19.7. The van der Waals surface area contributed by atoms with E-state index in [0.717, 1.165) is 11.3 Å². The second kappa shape index (κ2) is 8.38. The number of methoxy groups -OCH3 is 1. The van der Waals surface area contributed by atoms with Crippen LogP contribution in [0.5, 0.6) is 5.75 Å². The van der Waals surface area contributed by atoms with Gasteiger partial charge in [-0.2, -0.15) is 5.10 Å². The number of para-hydroxylation sites is 1. The molecule has 4 rings (SSSR count). The molecule has 0 aliphatic rings. The lowest BCUT2D eigenvalue weighted by Crippen LogP contribution is -2.30. The molecule has 2 aromatic heterocycles. The monoisotopic (exact) mass is 420 g/mol. The van der Waals surface area contributed by atoms with Crippen molar-refractivity contribution in [1.82, 2.24) is 14.8 Å². The standard InChI is InChI=1S/C22H20N4O3S/c1-29-21-9-11-22(12-10-21)30(27,28)26(16-18-6-5-13-23-14-18)20-15-24-25(17-20)19-7-3-2-4-8-19/h2-15,17H,16H2,1H3. The first-order valence-corrected chi connectivity index (χ1v) is 10.7. The number of benzene rings is 2. The maximum atomic E-state index is 13.5. The fourth-order valence-electron chi connectivity index (χ4n) is 3.01. The van der Waals surface area contributed by atoms with E-state index >= 15 is 0 Å². The average molecular weight is 420 g/mol. The summed E-state index contributed by atoms with van der Waals surface area (Å²) in [6.07, 6.45) is 6.55. The third kappa shape index (κ3) is 4.04. The number of rotatable bonds is 7. The summed E-state index contributed by atoms with van der Waals surface area (Å²) in [5, 5.41) is 4.36. The Labute approximate surface area is 175 Å². The van der Waals surface area contributed by atoms with Crippen LogP contribution >= 0.6 is 0 Å². The Kier molecular flexibility index (Phi) is 5.49. The first-order chi connectivity index (χ1) is 14.6. The largest absolute Gasteiger partial charge is 0.497 e. The van der Waals surface area contributed by atoms with Crippen LogP contribution in [0.3, 0.4) is 0 Å². The van der Waals surface area contributed by atoms with E-state index in [9.17, 15) is 8.42 Å². The average Bonchev–Trinajstić information content (AvgIpc) is 3.28. The Morgan fingerprint density at radius 2 is 1.73 bits per heavy atom. The van der Waals surface area contributed by atoms with Crippen molar-refractivity contribution in [2.75, 3.05) is 11.4 Å². The molecule has 0 aliphatic carbocycles. The van der Waals surface area contributed by atoms with Gasteiger partial charge in [-0.15, -0.1) is 0 Å². The fraction of sp³-hybridized carbons (Fsp3) is 0.0909. The second-order valence-corrected chi connectivity index (χ2v) is 8.39. The SMILES string of the molecule is COc1ccc(S(=O)(=O)N(Cc2cccnc2)c2cnn(-c3ccccc3)c2)cc1. The molecule has 0 amide bonds. The number of hydrogen-bond acceptors (Lipinski definition) is 5. The van der Waals surface area contributed by atoms with Crippen molar-refractivity contribution in [1.29, 1.82) is 0 Å². The summed E-state index contributed by atoms with van der Waals surface area (Å²) in [5.74, 6) is 0.588. The minimum Gasteiger partial charge on any atom is -0.497 e. The molecule has 0 N–H and O–H groups in total. The second-order valence-electron chi connectivity index (χ2n) is 6.53. The number of aromatic nitrogens is 3. The van der Waals surface area contributed by atoms with Crippen molar-refractivity contribution in [3.63, 3.8) is 0 Å². The zero-order valence-electron chi connectivity index (χ0n) is 16.3. The zero-order valence-corrected chi connectivity index (χ0v) is 17.1. The summed E-state index contributed by atoms with van der Waals surface area (Å²) in [6.45, 7) is 0.128. The van der Waals surface area contributed by atoms with E-state index in [-0.39, 0.29) is 11.4 Å². The molecule has 0 bridgehead atoms. The molecule has 0 fully saturated rings. The van der Waals surface area contributed by atoms with Crippen LogP contribution in [0.15, 0.2) is 96.4 Å². The lowest BCUT2D eigenvalue weighted by molar-refractivity contribution is 0.414. The van der Waals surface area contributed by atoms with Crippen LogP contribution in [0.25, 0.3) is 5.69 Å². The highest BCUT2D eigenvalue weighted by molar-refractivity contribution is 7.92. The quantitative estimate of drug-likeness (QED) is 0.456. The van der Waals surface area contributed by atoms with E-state index < -0.39 is 10.0 Å². The third-order valence-corrected chi connectivity index (χ3v) is 6.36. The number of sulfonamides is 1. The van der Waals surface area contributed by atoms with Crippen LogP contribution in [0, 0.1) is 0 Å². The number of pyridine rings is 1. The molecular formula is C22H20N4O3S. The molecule has 0 saturated heterocycles. The van der Waals surface area contributed by atoms with Crippen LogP contribution < -0.4 is 9.04 Å². The Bertz CT molecular complexity index is 1210. The minimum absolute atomic E-state index is 0.128. The zero-order chi connectivity index (χ0) is 21.0. The molecule has 4 aromatic rings. The molecule has 0 spiro atoms. The van der Waals surface area contributed by atoms with Gasteiger partial charge in [0.15, 0.2) is 0 Å². The molecule has 0 atom stereocenters. The van der Waals surface area contributed by atoms with E-state index in [4.69, 9.17) is 4.74 Å². The van der Waals surface area contributed by atoms with Crippen molar-refractivity contribution in [2.45, 2.75) is 11.4 Å². The van der Waals surface area contributed by atoms with Gasteiger partial charge in [0.2, 0.25) is 0 Å². The molecule has 0 radical (unpaired) electrons. The predicted octanol–water partition coefficient (Wildman–Crippen LogP) is 3.67. The first-order valence-electron chi connectivity index (χ1n) is 9.24. The van der Waals surface area contributed by atoms with Gasteiger partial charge in [0, 0.05) is 12.4 Å². The van der Waals surface area contributed by atoms with Gasteiger partial charge in [-0.1, -0.05) is 24.3 Å². The number of hydrogen-bond donors (Lipinski definition) is 0. The van der Waals surface area contributed by atoms with Gasteiger partial charge in [-0.05, 0) is 48.0 Å². The summed E-state index contributed by atoms with van der Waals surface area (Å²) in [6, 6.07) is 19.5. The van der Waals surface area contributed by atoms with E-state index in [1.54, 1.807) is 47.7 Å². The van der Waals surface area contributed by atoms with E-state index in [1.165, 1.54) is 23.5 Å². The van der Waals surface area contributed by atoms with Gasteiger partial charge in [0.05, 0.1) is 42.3 Å². The Morgan fingerprint density at radius 1 is 0.967 bits per heavy atom. The summed E-state index contributed by atoms with van der Waals surface area (Å²) in [5.41, 5.74) is 2.06. The van der Waals surface area contributed by atoms with Gasteiger partial charge >= 0.3 is 0 Å². The molecule has 0 saturated carbocycles. The Morgan fingerprint density at radius 3 is 2.40 bits per heavy atom. The van der Waals surface area contributed by atoms with Crippen molar-refractivity contribution in [3.05, 3.63) is 97.1 Å². The third-order valence-electron chi connectivity index (χ3n) is 4.57. The minimum atomic E-state index is -3.85. The lowest BCUT2D eigenvalue weighted by atomic mass is 10.3. The van der Waals surface area contributed by atoms with Crippen LogP contribution in [0.1, 0.15) is 5.56 Å². The molecule has 0 aliphatic heterocycles. The van der Waals surface area contributed by atoms with Crippen molar-refractivity contribution < 1.29 is 13.2 Å². The predicted molar refractivity (Wildman–Crippen MR) is 114 cm³/mol. The highest BCUT2D eigenvalue weighted by atomic mass is 32.2. The number of ether oxygens (including phenoxy) is 1. The van der Waals surface area contributed by atoms with Crippen LogP contribution in [-0.4, -0.2) is 30.3 Å². The van der Waals surface area contributed by atoms with Crippen LogP contribution in [0.4, 0.5) is 5.69 Å². The lowest BCUT2D eigenvalue weighted by Gasteiger charge is -2.23. The Balaban J connectivity index is 1.75. The molecule has 8 heteroatoms. The van der Waals surface area contributed by atoms with Gasteiger partial charge in [-0.25, -0.2) is 13.1 Å². The highest BCUT2D eigenvalue weighted by Gasteiger charge is 2.26. The molecule has 2 aromatic carbocycles. The summed E-state index contributed by atoms with van der Waals surface area (Å²) >= 11 is 0. The van der Waals surface area contributed by atoms with E-state index in [2.05, 4.69) is 10.1 Å².